The number of fused-ring (bicyclic) bond motifs is 1. The van der Waals surface area contributed by atoms with Crippen molar-refractivity contribution >= 4 is 5.91 Å². The summed E-state index contributed by atoms with van der Waals surface area (Å²) in [6, 6.07) is 7.09. The number of benzene rings is 1. The van der Waals surface area contributed by atoms with Gasteiger partial charge in [0.25, 0.3) is 11.8 Å². The van der Waals surface area contributed by atoms with Crippen LogP contribution in [-0.2, 0) is 18.5 Å². The van der Waals surface area contributed by atoms with Crippen LogP contribution < -0.4 is 4.74 Å². The number of halogens is 1. The van der Waals surface area contributed by atoms with Crippen molar-refractivity contribution in [2.75, 3.05) is 20.2 Å². The Morgan fingerprint density at radius 1 is 1.17 bits per heavy atom. The summed E-state index contributed by atoms with van der Waals surface area (Å²) in [7, 11) is 1.58. The van der Waals surface area contributed by atoms with Crippen LogP contribution in [0.4, 0.5) is 4.39 Å². The summed E-state index contributed by atoms with van der Waals surface area (Å²) < 4.78 is 31.3. The summed E-state index contributed by atoms with van der Waals surface area (Å²) in [4.78, 5) is 18.6. The van der Waals surface area contributed by atoms with Crippen LogP contribution in [-0.4, -0.2) is 46.3 Å². The molecule has 0 N–H and O–H groups in total. The number of carbonyl (C=O) groups is 1. The second-order valence-electron chi connectivity index (χ2n) is 7.73. The van der Waals surface area contributed by atoms with Crippen LogP contribution in [0, 0.1) is 0 Å². The van der Waals surface area contributed by atoms with Gasteiger partial charge in [0.2, 0.25) is 11.5 Å². The molecule has 3 aromatic rings. The van der Waals surface area contributed by atoms with Crippen molar-refractivity contribution in [3.05, 3.63) is 47.2 Å². The third kappa shape index (κ3) is 3.14. The lowest BCUT2D eigenvalue weighted by molar-refractivity contribution is 0.0706. The van der Waals surface area contributed by atoms with Crippen LogP contribution in [0.3, 0.4) is 0 Å². The van der Waals surface area contributed by atoms with Crippen LogP contribution in [0.25, 0.3) is 11.4 Å². The fourth-order valence-corrected chi connectivity index (χ4v) is 4.09. The molecular weight excluding hydrogens is 391 g/mol. The Balaban J connectivity index is 1.34. The SMILES string of the molecule is COc1ccc(-c2noc(C3(F)CCN(C(=O)c4noc5c4CCCC5)C3)n2)cc1. The zero-order valence-corrected chi connectivity index (χ0v) is 16.6. The number of hydrogen-bond acceptors (Lipinski definition) is 7. The minimum Gasteiger partial charge on any atom is -0.497 e. The molecule has 8 nitrogen and oxygen atoms in total. The van der Waals surface area contributed by atoms with Crippen LogP contribution >= 0.6 is 0 Å². The Morgan fingerprint density at radius 2 is 1.97 bits per heavy atom. The highest BCUT2D eigenvalue weighted by atomic mass is 19.1. The zero-order chi connectivity index (χ0) is 20.7. The molecule has 1 atom stereocenters. The highest BCUT2D eigenvalue weighted by Gasteiger charge is 2.47. The molecule has 9 heteroatoms. The lowest BCUT2D eigenvalue weighted by Gasteiger charge is -2.18. The van der Waals surface area contributed by atoms with E-state index in [-0.39, 0.29) is 31.3 Å². The van der Waals surface area contributed by atoms with Crippen LogP contribution in [0.15, 0.2) is 33.3 Å². The Bertz CT molecular complexity index is 1080. The number of hydrogen-bond donors (Lipinski definition) is 0. The Morgan fingerprint density at radius 3 is 2.77 bits per heavy atom. The maximum atomic E-state index is 15.6. The summed E-state index contributed by atoms with van der Waals surface area (Å²) in [5.74, 6) is 1.34. The van der Waals surface area contributed by atoms with Crippen molar-refractivity contribution in [1.82, 2.24) is 20.2 Å². The number of amides is 1. The number of likely N-dealkylation sites (tertiary alicyclic amines) is 1. The molecule has 0 spiro atoms. The molecule has 1 fully saturated rings. The van der Waals surface area contributed by atoms with E-state index in [2.05, 4.69) is 15.3 Å². The van der Waals surface area contributed by atoms with Crippen molar-refractivity contribution in [2.45, 2.75) is 37.8 Å². The molecule has 30 heavy (non-hydrogen) atoms. The number of methoxy groups -OCH3 is 1. The van der Waals surface area contributed by atoms with Gasteiger partial charge in [0, 0.05) is 30.5 Å². The van der Waals surface area contributed by atoms with Gasteiger partial charge < -0.3 is 18.7 Å². The summed E-state index contributed by atoms with van der Waals surface area (Å²) in [6.07, 6.45) is 3.67. The van der Waals surface area contributed by atoms with E-state index in [4.69, 9.17) is 13.8 Å². The van der Waals surface area contributed by atoms with Crippen molar-refractivity contribution in [1.29, 1.82) is 0 Å². The van der Waals surface area contributed by atoms with E-state index in [0.29, 0.717) is 22.8 Å². The molecule has 0 bridgehead atoms. The van der Waals surface area contributed by atoms with E-state index in [1.54, 1.807) is 31.4 Å². The molecule has 1 aromatic carbocycles. The highest BCUT2D eigenvalue weighted by Crippen LogP contribution is 2.37. The van der Waals surface area contributed by atoms with E-state index in [9.17, 15) is 4.79 Å². The maximum absolute atomic E-state index is 15.6. The van der Waals surface area contributed by atoms with E-state index in [0.717, 1.165) is 37.0 Å². The third-order valence-electron chi connectivity index (χ3n) is 5.82. The van der Waals surface area contributed by atoms with E-state index in [1.165, 1.54) is 4.90 Å². The Labute approximate surface area is 172 Å². The molecule has 0 radical (unpaired) electrons. The molecule has 1 aliphatic heterocycles. The van der Waals surface area contributed by atoms with Gasteiger partial charge in [0.1, 0.15) is 11.5 Å². The van der Waals surface area contributed by atoms with Gasteiger partial charge in [-0.15, -0.1) is 0 Å². The summed E-state index contributed by atoms with van der Waals surface area (Å²) in [5, 5.41) is 7.88. The molecule has 1 amide bonds. The van der Waals surface area contributed by atoms with Gasteiger partial charge in [0.15, 0.2) is 5.69 Å². The normalized spacial score (nSPS) is 20.9. The molecule has 2 aromatic heterocycles. The molecule has 156 valence electrons. The number of carbonyl (C=O) groups excluding carboxylic acids is 1. The smallest absolute Gasteiger partial charge is 0.276 e. The number of rotatable bonds is 4. The first-order chi connectivity index (χ1) is 14.6. The molecule has 1 unspecified atom stereocenters. The van der Waals surface area contributed by atoms with Gasteiger partial charge >= 0.3 is 0 Å². The summed E-state index contributed by atoms with van der Waals surface area (Å²) >= 11 is 0. The second kappa shape index (κ2) is 7.23. The first-order valence-corrected chi connectivity index (χ1v) is 10.0. The van der Waals surface area contributed by atoms with Gasteiger partial charge in [-0.2, -0.15) is 4.98 Å². The fraction of sp³-hybridized carbons (Fsp3) is 0.429. The minimum absolute atomic E-state index is 0.0863. The van der Waals surface area contributed by atoms with E-state index >= 15 is 4.39 Å². The predicted octanol–water partition coefficient (Wildman–Crippen LogP) is 3.32. The van der Waals surface area contributed by atoms with Gasteiger partial charge in [-0.3, -0.25) is 4.79 Å². The first-order valence-electron chi connectivity index (χ1n) is 10.0. The molecule has 3 heterocycles. The lowest BCUT2D eigenvalue weighted by atomic mass is 9.96. The Hall–Kier alpha value is -3.23. The van der Waals surface area contributed by atoms with Crippen LogP contribution in [0.1, 0.15) is 47.0 Å². The average molecular weight is 412 g/mol. The monoisotopic (exact) mass is 412 g/mol. The third-order valence-corrected chi connectivity index (χ3v) is 5.82. The average Bonchev–Trinajstić information content (AvgIpc) is 3.52. The lowest BCUT2D eigenvalue weighted by Crippen LogP contribution is -2.33. The van der Waals surface area contributed by atoms with E-state index < -0.39 is 5.67 Å². The zero-order valence-electron chi connectivity index (χ0n) is 16.6. The molecule has 1 saturated heterocycles. The highest BCUT2D eigenvalue weighted by molar-refractivity contribution is 5.94. The number of aryl methyl sites for hydroxylation is 1. The van der Waals surface area contributed by atoms with Crippen molar-refractivity contribution in [3.8, 4) is 17.1 Å². The molecule has 5 rings (SSSR count). The largest absolute Gasteiger partial charge is 0.497 e. The standard InChI is InChI=1S/C21H21FN4O4/c1-28-14-8-6-13(7-9-14)18-23-20(30-25-18)21(22)10-11-26(12-21)19(27)17-15-4-2-3-5-16(15)29-24-17/h6-9H,2-5,10-12H2,1H3. The first kappa shape index (κ1) is 18.8. The molecule has 0 saturated carbocycles. The topological polar surface area (TPSA) is 94.5 Å². The van der Waals surface area contributed by atoms with Crippen LogP contribution in [0.2, 0.25) is 0 Å². The second-order valence-corrected chi connectivity index (χ2v) is 7.73. The molecule has 2 aliphatic rings. The van der Waals surface area contributed by atoms with Gasteiger partial charge in [-0.05, 0) is 43.5 Å². The molecule has 1 aliphatic carbocycles. The Kier molecular flexibility index (Phi) is 4.52. The van der Waals surface area contributed by atoms with Gasteiger partial charge in [0.05, 0.1) is 13.7 Å². The predicted molar refractivity (Wildman–Crippen MR) is 103 cm³/mol. The van der Waals surface area contributed by atoms with Gasteiger partial charge in [-0.25, -0.2) is 4.39 Å². The summed E-state index contributed by atoms with van der Waals surface area (Å²) in [6.45, 7) is 0.0922. The number of alkyl halides is 1. The number of aromatic nitrogens is 3. The maximum Gasteiger partial charge on any atom is 0.276 e. The van der Waals surface area contributed by atoms with Gasteiger partial charge in [-0.1, -0.05) is 10.3 Å². The quantitative estimate of drug-likeness (QED) is 0.649. The summed E-state index contributed by atoms with van der Waals surface area (Å²) in [5.41, 5.74) is -0.0351. The molecular formula is C21H21FN4O4. The van der Waals surface area contributed by atoms with Crippen LogP contribution in [0.5, 0.6) is 5.75 Å². The van der Waals surface area contributed by atoms with E-state index in [1.807, 2.05) is 0 Å². The number of nitrogens with zero attached hydrogens (tertiary/aromatic N) is 4. The van der Waals surface area contributed by atoms with Crippen molar-refractivity contribution < 1.29 is 23.0 Å². The minimum atomic E-state index is -1.89. The van der Waals surface area contributed by atoms with Crippen molar-refractivity contribution in [3.63, 3.8) is 0 Å². The fourth-order valence-electron chi connectivity index (χ4n) is 4.09. The number of ether oxygens (including phenoxy) is 1. The van der Waals surface area contributed by atoms with Crippen molar-refractivity contribution in [2.24, 2.45) is 0 Å².